The van der Waals surface area contributed by atoms with E-state index in [1.807, 2.05) is 6.08 Å². The SMILES string of the molecule is C=CCCNC(C)C1CC2C=CC1C2. The van der Waals surface area contributed by atoms with Crippen LogP contribution in [0.3, 0.4) is 0 Å². The third-order valence-corrected chi connectivity index (χ3v) is 3.79. The zero-order valence-electron chi connectivity index (χ0n) is 9.08. The molecule has 1 fully saturated rings. The maximum atomic E-state index is 3.74. The highest BCUT2D eigenvalue weighted by Crippen LogP contribution is 2.44. The monoisotopic (exact) mass is 191 g/mol. The van der Waals surface area contributed by atoms with Crippen molar-refractivity contribution in [3.05, 3.63) is 24.8 Å². The van der Waals surface area contributed by atoms with E-state index in [0.717, 1.165) is 30.7 Å². The van der Waals surface area contributed by atoms with E-state index in [-0.39, 0.29) is 0 Å². The highest BCUT2D eigenvalue weighted by molar-refractivity contribution is 5.11. The molecule has 2 bridgehead atoms. The third kappa shape index (κ3) is 1.93. The summed E-state index contributed by atoms with van der Waals surface area (Å²) < 4.78 is 0. The summed E-state index contributed by atoms with van der Waals surface area (Å²) in [5.74, 6) is 2.65. The van der Waals surface area contributed by atoms with Crippen LogP contribution in [0, 0.1) is 17.8 Å². The minimum absolute atomic E-state index is 0.676. The van der Waals surface area contributed by atoms with Crippen molar-refractivity contribution < 1.29 is 0 Å². The lowest BCUT2D eigenvalue weighted by molar-refractivity contribution is 0.330. The summed E-state index contributed by atoms with van der Waals surface area (Å²) in [5.41, 5.74) is 0. The van der Waals surface area contributed by atoms with Crippen LogP contribution in [0.4, 0.5) is 0 Å². The number of hydrogen-bond acceptors (Lipinski definition) is 1. The molecule has 0 heterocycles. The first kappa shape index (κ1) is 9.97. The Bertz CT molecular complexity index is 231. The fourth-order valence-electron chi connectivity index (χ4n) is 2.96. The summed E-state index contributed by atoms with van der Waals surface area (Å²) in [5, 5.41) is 3.61. The molecule has 1 heteroatoms. The minimum atomic E-state index is 0.676. The number of rotatable bonds is 5. The second-order valence-corrected chi connectivity index (χ2v) is 4.76. The molecule has 2 rings (SSSR count). The molecule has 2 aliphatic carbocycles. The van der Waals surface area contributed by atoms with Gasteiger partial charge in [-0.25, -0.2) is 0 Å². The molecular formula is C13H21N. The summed E-state index contributed by atoms with van der Waals surface area (Å²) in [4.78, 5) is 0. The van der Waals surface area contributed by atoms with Gasteiger partial charge >= 0.3 is 0 Å². The first-order chi connectivity index (χ1) is 6.81. The smallest absolute Gasteiger partial charge is 0.00729 e. The highest BCUT2D eigenvalue weighted by atomic mass is 14.9. The van der Waals surface area contributed by atoms with Crippen molar-refractivity contribution in [2.75, 3.05) is 6.54 Å². The second kappa shape index (κ2) is 4.31. The van der Waals surface area contributed by atoms with Gasteiger partial charge in [-0.15, -0.1) is 6.58 Å². The predicted octanol–water partition coefficient (Wildman–Crippen LogP) is 2.75. The van der Waals surface area contributed by atoms with Crippen LogP contribution < -0.4 is 5.32 Å². The van der Waals surface area contributed by atoms with Crippen LogP contribution in [-0.2, 0) is 0 Å². The van der Waals surface area contributed by atoms with E-state index in [4.69, 9.17) is 0 Å². The number of hydrogen-bond donors (Lipinski definition) is 1. The van der Waals surface area contributed by atoms with Crippen LogP contribution in [0.15, 0.2) is 24.8 Å². The maximum absolute atomic E-state index is 3.74. The Balaban J connectivity index is 1.78. The molecule has 78 valence electrons. The van der Waals surface area contributed by atoms with Crippen molar-refractivity contribution in [1.29, 1.82) is 0 Å². The lowest BCUT2D eigenvalue weighted by atomic mass is 9.87. The van der Waals surface area contributed by atoms with Crippen molar-refractivity contribution in [2.45, 2.75) is 32.2 Å². The molecule has 0 aliphatic heterocycles. The molecule has 4 unspecified atom stereocenters. The van der Waals surface area contributed by atoms with E-state index >= 15 is 0 Å². The molecule has 14 heavy (non-hydrogen) atoms. The van der Waals surface area contributed by atoms with Gasteiger partial charge in [0.2, 0.25) is 0 Å². The third-order valence-electron chi connectivity index (χ3n) is 3.79. The average molecular weight is 191 g/mol. The van der Waals surface area contributed by atoms with Gasteiger partial charge < -0.3 is 5.32 Å². The van der Waals surface area contributed by atoms with Gasteiger partial charge in [0.25, 0.3) is 0 Å². The molecule has 0 aromatic heterocycles. The molecule has 0 aromatic rings. The van der Waals surface area contributed by atoms with Crippen LogP contribution in [-0.4, -0.2) is 12.6 Å². The molecule has 1 N–H and O–H groups in total. The second-order valence-electron chi connectivity index (χ2n) is 4.76. The van der Waals surface area contributed by atoms with Gasteiger partial charge in [-0.3, -0.25) is 0 Å². The van der Waals surface area contributed by atoms with Crippen molar-refractivity contribution in [1.82, 2.24) is 5.32 Å². The van der Waals surface area contributed by atoms with E-state index in [9.17, 15) is 0 Å². The Morgan fingerprint density at radius 1 is 1.50 bits per heavy atom. The lowest BCUT2D eigenvalue weighted by Gasteiger charge is -2.26. The first-order valence-electron chi connectivity index (χ1n) is 5.84. The van der Waals surface area contributed by atoms with E-state index in [2.05, 4.69) is 31.0 Å². The quantitative estimate of drug-likeness (QED) is 0.520. The summed E-state index contributed by atoms with van der Waals surface area (Å²) in [6.45, 7) is 7.16. The molecule has 0 radical (unpaired) electrons. The van der Waals surface area contributed by atoms with E-state index in [1.54, 1.807) is 0 Å². The van der Waals surface area contributed by atoms with Crippen molar-refractivity contribution in [2.24, 2.45) is 17.8 Å². The molecule has 1 nitrogen and oxygen atoms in total. The largest absolute Gasteiger partial charge is 0.314 e. The fourth-order valence-corrected chi connectivity index (χ4v) is 2.96. The van der Waals surface area contributed by atoms with Crippen LogP contribution in [0.1, 0.15) is 26.2 Å². The van der Waals surface area contributed by atoms with Gasteiger partial charge in [0.1, 0.15) is 0 Å². The Morgan fingerprint density at radius 2 is 2.36 bits per heavy atom. The minimum Gasteiger partial charge on any atom is -0.314 e. The molecule has 2 aliphatic rings. The number of nitrogens with one attached hydrogen (secondary N) is 1. The van der Waals surface area contributed by atoms with Crippen molar-refractivity contribution in [3.63, 3.8) is 0 Å². The molecule has 0 aromatic carbocycles. The average Bonchev–Trinajstić information content (AvgIpc) is 2.79. The summed E-state index contributed by atoms with van der Waals surface area (Å²) >= 11 is 0. The Morgan fingerprint density at radius 3 is 2.93 bits per heavy atom. The van der Waals surface area contributed by atoms with Crippen LogP contribution >= 0.6 is 0 Å². The molecule has 0 spiro atoms. The van der Waals surface area contributed by atoms with E-state index in [0.29, 0.717) is 6.04 Å². The zero-order chi connectivity index (χ0) is 9.97. The molecule has 0 saturated heterocycles. The molecular weight excluding hydrogens is 170 g/mol. The number of fused-ring (bicyclic) bond motifs is 2. The van der Waals surface area contributed by atoms with Gasteiger partial charge in [-0.2, -0.15) is 0 Å². The van der Waals surface area contributed by atoms with Gasteiger partial charge in [-0.1, -0.05) is 18.2 Å². The van der Waals surface area contributed by atoms with Gasteiger partial charge in [-0.05, 0) is 50.5 Å². The summed E-state index contributed by atoms with van der Waals surface area (Å²) in [7, 11) is 0. The summed E-state index contributed by atoms with van der Waals surface area (Å²) in [6, 6.07) is 0.676. The molecule has 4 atom stereocenters. The molecule has 1 saturated carbocycles. The Labute approximate surface area is 87.3 Å². The van der Waals surface area contributed by atoms with Crippen LogP contribution in [0.25, 0.3) is 0 Å². The zero-order valence-corrected chi connectivity index (χ0v) is 9.08. The van der Waals surface area contributed by atoms with Crippen molar-refractivity contribution in [3.8, 4) is 0 Å². The maximum Gasteiger partial charge on any atom is 0.00729 e. The van der Waals surface area contributed by atoms with Crippen LogP contribution in [0.5, 0.6) is 0 Å². The first-order valence-corrected chi connectivity index (χ1v) is 5.84. The van der Waals surface area contributed by atoms with Gasteiger partial charge in [0, 0.05) is 6.04 Å². The predicted molar refractivity (Wildman–Crippen MR) is 61.1 cm³/mol. The Hall–Kier alpha value is -0.560. The Kier molecular flexibility index (Phi) is 3.07. The van der Waals surface area contributed by atoms with Crippen molar-refractivity contribution >= 4 is 0 Å². The lowest BCUT2D eigenvalue weighted by Crippen LogP contribution is -2.35. The molecule has 0 amide bonds. The number of allylic oxidation sites excluding steroid dienone is 2. The van der Waals surface area contributed by atoms with Gasteiger partial charge in [0.05, 0.1) is 0 Å². The fraction of sp³-hybridized carbons (Fsp3) is 0.692. The van der Waals surface area contributed by atoms with Crippen LogP contribution in [0.2, 0.25) is 0 Å². The highest BCUT2D eigenvalue weighted by Gasteiger charge is 2.37. The van der Waals surface area contributed by atoms with E-state index < -0.39 is 0 Å². The summed E-state index contributed by atoms with van der Waals surface area (Å²) in [6.07, 6.45) is 10.7. The van der Waals surface area contributed by atoms with E-state index in [1.165, 1.54) is 12.8 Å². The topological polar surface area (TPSA) is 12.0 Å². The van der Waals surface area contributed by atoms with Gasteiger partial charge in [0.15, 0.2) is 0 Å². The standard InChI is InChI=1S/C13H21N/c1-3-4-7-14-10(2)13-9-11-5-6-12(13)8-11/h3,5-6,10-14H,1,4,7-9H2,2H3. The normalized spacial score (nSPS) is 36.2.